The summed E-state index contributed by atoms with van der Waals surface area (Å²) in [5.74, 6) is 0. The van der Waals surface area contributed by atoms with E-state index in [1.807, 2.05) is 0 Å². The molecule has 0 fully saturated rings. The van der Waals surface area contributed by atoms with Gasteiger partial charge >= 0.3 is 6.18 Å². The van der Waals surface area contributed by atoms with Gasteiger partial charge < -0.3 is 4.98 Å². The molecule has 2 aromatic rings. The highest BCUT2D eigenvalue weighted by atomic mass is 32.1. The fourth-order valence-electron chi connectivity index (χ4n) is 1.02. The minimum atomic E-state index is -4.35. The molecule has 2 rings (SSSR count). The Hall–Kier alpha value is -1.30. The van der Waals surface area contributed by atoms with Crippen molar-refractivity contribution in [2.75, 3.05) is 0 Å². The predicted molar refractivity (Wildman–Crippen MR) is 46.9 cm³/mol. The van der Waals surface area contributed by atoms with Crippen molar-refractivity contribution in [2.24, 2.45) is 0 Å². The van der Waals surface area contributed by atoms with Crippen LogP contribution in [0.5, 0.6) is 0 Å². The van der Waals surface area contributed by atoms with Gasteiger partial charge in [0.05, 0.1) is 5.69 Å². The number of halogens is 3. The molecule has 0 aliphatic rings. The largest absolute Gasteiger partial charge is 0.443 e. The molecule has 0 radical (unpaired) electrons. The number of H-pyrrole nitrogens is 1. The van der Waals surface area contributed by atoms with Crippen LogP contribution in [0.2, 0.25) is 0 Å². The topological polar surface area (TPSA) is 28.7 Å². The quantitative estimate of drug-likeness (QED) is 0.782. The Labute approximate surface area is 81.4 Å². The molecule has 0 spiro atoms. The first-order chi connectivity index (χ1) is 6.57. The standard InChI is InChI=1S/C8H5F3N2S/c9-8(10,11)7-13-6(4-14-7)5-1-2-12-3-5/h1-4,12H. The van der Waals surface area contributed by atoms with Crippen molar-refractivity contribution in [3.8, 4) is 11.3 Å². The maximum absolute atomic E-state index is 12.2. The van der Waals surface area contributed by atoms with E-state index in [1.165, 1.54) is 5.38 Å². The van der Waals surface area contributed by atoms with Crippen molar-refractivity contribution >= 4 is 11.3 Å². The summed E-state index contributed by atoms with van der Waals surface area (Å²) < 4.78 is 36.5. The number of alkyl halides is 3. The van der Waals surface area contributed by atoms with E-state index in [-0.39, 0.29) is 0 Å². The fraction of sp³-hybridized carbons (Fsp3) is 0.125. The molecule has 0 amide bonds. The Kier molecular flexibility index (Phi) is 2.07. The molecule has 0 unspecified atom stereocenters. The van der Waals surface area contributed by atoms with E-state index in [4.69, 9.17) is 0 Å². The first-order valence-corrected chi connectivity index (χ1v) is 4.61. The lowest BCUT2D eigenvalue weighted by molar-refractivity contribution is -0.137. The number of hydrogen-bond donors (Lipinski definition) is 1. The summed E-state index contributed by atoms with van der Waals surface area (Å²) in [6.45, 7) is 0. The number of aromatic nitrogens is 2. The van der Waals surface area contributed by atoms with Gasteiger partial charge in [0.15, 0.2) is 5.01 Å². The van der Waals surface area contributed by atoms with E-state index < -0.39 is 11.2 Å². The van der Waals surface area contributed by atoms with Crippen LogP contribution in [0.15, 0.2) is 23.8 Å². The number of aromatic amines is 1. The van der Waals surface area contributed by atoms with Crippen LogP contribution in [-0.4, -0.2) is 9.97 Å². The molecule has 6 heteroatoms. The van der Waals surface area contributed by atoms with Crippen molar-refractivity contribution in [1.29, 1.82) is 0 Å². The van der Waals surface area contributed by atoms with Crippen LogP contribution in [0.4, 0.5) is 13.2 Å². The van der Waals surface area contributed by atoms with Gasteiger partial charge in [-0.1, -0.05) is 0 Å². The number of hydrogen-bond acceptors (Lipinski definition) is 2. The van der Waals surface area contributed by atoms with Gasteiger partial charge in [-0.3, -0.25) is 0 Å². The maximum atomic E-state index is 12.2. The lowest BCUT2D eigenvalue weighted by atomic mass is 10.3. The highest BCUT2D eigenvalue weighted by molar-refractivity contribution is 7.10. The molecule has 0 bridgehead atoms. The Morgan fingerprint density at radius 1 is 1.36 bits per heavy atom. The van der Waals surface area contributed by atoms with Gasteiger partial charge in [0, 0.05) is 23.3 Å². The monoisotopic (exact) mass is 218 g/mol. The molecule has 0 saturated carbocycles. The number of nitrogens with one attached hydrogen (secondary N) is 1. The summed E-state index contributed by atoms with van der Waals surface area (Å²) in [5.41, 5.74) is 1.01. The predicted octanol–water partition coefficient (Wildman–Crippen LogP) is 3.16. The van der Waals surface area contributed by atoms with E-state index in [1.54, 1.807) is 18.5 Å². The molecule has 74 valence electrons. The molecular formula is C8H5F3N2S. The van der Waals surface area contributed by atoms with Gasteiger partial charge in [-0.05, 0) is 6.07 Å². The van der Waals surface area contributed by atoms with E-state index in [2.05, 4.69) is 9.97 Å². The molecule has 14 heavy (non-hydrogen) atoms. The van der Waals surface area contributed by atoms with E-state index in [0.717, 1.165) is 0 Å². The van der Waals surface area contributed by atoms with Crippen molar-refractivity contribution < 1.29 is 13.2 Å². The minimum Gasteiger partial charge on any atom is -0.367 e. The van der Waals surface area contributed by atoms with Gasteiger partial charge in [0.25, 0.3) is 0 Å². The Morgan fingerprint density at radius 2 is 2.14 bits per heavy atom. The zero-order valence-corrected chi connectivity index (χ0v) is 7.62. The second-order valence-corrected chi connectivity index (χ2v) is 3.49. The normalized spacial score (nSPS) is 11.9. The van der Waals surface area contributed by atoms with Gasteiger partial charge in [-0.15, -0.1) is 11.3 Å². The van der Waals surface area contributed by atoms with E-state index in [9.17, 15) is 13.2 Å². The summed E-state index contributed by atoms with van der Waals surface area (Å²) in [6, 6.07) is 1.68. The number of rotatable bonds is 1. The summed E-state index contributed by atoms with van der Waals surface area (Å²) in [5, 5.41) is 0.583. The van der Waals surface area contributed by atoms with Crippen LogP contribution in [0.1, 0.15) is 5.01 Å². The maximum Gasteiger partial charge on any atom is 0.443 e. The number of nitrogens with zero attached hydrogens (tertiary/aromatic N) is 1. The van der Waals surface area contributed by atoms with Crippen LogP contribution in [-0.2, 0) is 6.18 Å². The lowest BCUT2D eigenvalue weighted by Crippen LogP contribution is -2.03. The molecule has 0 aliphatic heterocycles. The third kappa shape index (κ3) is 1.65. The van der Waals surface area contributed by atoms with Crippen molar-refractivity contribution in [1.82, 2.24) is 9.97 Å². The van der Waals surface area contributed by atoms with E-state index in [0.29, 0.717) is 22.6 Å². The molecule has 0 aliphatic carbocycles. The third-order valence-corrected chi connectivity index (χ3v) is 2.53. The molecule has 0 atom stereocenters. The lowest BCUT2D eigenvalue weighted by Gasteiger charge is -1.98. The molecule has 0 aromatic carbocycles. The van der Waals surface area contributed by atoms with Crippen LogP contribution in [0.3, 0.4) is 0 Å². The minimum absolute atomic E-state index is 0.351. The van der Waals surface area contributed by atoms with Gasteiger partial charge in [0.2, 0.25) is 0 Å². The summed E-state index contributed by atoms with van der Waals surface area (Å²) in [4.78, 5) is 6.26. The zero-order valence-electron chi connectivity index (χ0n) is 6.80. The smallest absolute Gasteiger partial charge is 0.367 e. The van der Waals surface area contributed by atoms with Crippen LogP contribution in [0, 0.1) is 0 Å². The molecule has 1 N–H and O–H groups in total. The van der Waals surface area contributed by atoms with Crippen LogP contribution in [0.25, 0.3) is 11.3 Å². The first kappa shape index (κ1) is 9.26. The second kappa shape index (κ2) is 3.13. The second-order valence-electron chi connectivity index (χ2n) is 2.64. The van der Waals surface area contributed by atoms with Crippen LogP contribution < -0.4 is 0 Å². The van der Waals surface area contributed by atoms with Crippen molar-refractivity contribution in [3.05, 3.63) is 28.8 Å². The van der Waals surface area contributed by atoms with E-state index >= 15 is 0 Å². The molecule has 0 saturated heterocycles. The molecule has 2 heterocycles. The number of thiazole rings is 1. The summed E-state index contributed by atoms with van der Waals surface area (Å²) >= 11 is 0.605. The first-order valence-electron chi connectivity index (χ1n) is 3.73. The highest BCUT2D eigenvalue weighted by Crippen LogP contribution is 2.33. The van der Waals surface area contributed by atoms with Crippen molar-refractivity contribution in [3.63, 3.8) is 0 Å². The Morgan fingerprint density at radius 3 is 2.64 bits per heavy atom. The third-order valence-electron chi connectivity index (χ3n) is 1.64. The SMILES string of the molecule is FC(F)(F)c1nc(-c2cc[nH]c2)cs1. The van der Waals surface area contributed by atoms with Gasteiger partial charge in [-0.25, -0.2) is 4.98 Å². The Balaban J connectivity index is 2.36. The molecule has 2 aromatic heterocycles. The van der Waals surface area contributed by atoms with Gasteiger partial charge in [0.1, 0.15) is 0 Å². The highest BCUT2D eigenvalue weighted by Gasteiger charge is 2.34. The van der Waals surface area contributed by atoms with Crippen molar-refractivity contribution in [2.45, 2.75) is 6.18 Å². The average molecular weight is 218 g/mol. The molecule has 2 nitrogen and oxygen atoms in total. The molecular weight excluding hydrogens is 213 g/mol. The van der Waals surface area contributed by atoms with Crippen LogP contribution >= 0.6 is 11.3 Å². The fourth-order valence-corrected chi connectivity index (χ4v) is 1.72. The average Bonchev–Trinajstić information content (AvgIpc) is 2.73. The summed E-state index contributed by atoms with van der Waals surface area (Å²) in [7, 11) is 0. The Bertz CT molecular complexity index is 416. The zero-order chi connectivity index (χ0) is 10.2. The van der Waals surface area contributed by atoms with Gasteiger partial charge in [-0.2, -0.15) is 13.2 Å². The summed E-state index contributed by atoms with van der Waals surface area (Å²) in [6.07, 6.45) is -1.10.